The van der Waals surface area contributed by atoms with Gasteiger partial charge in [0.25, 0.3) is 0 Å². The fourth-order valence-corrected chi connectivity index (χ4v) is 1.27. The molecule has 0 aliphatic carbocycles. The van der Waals surface area contributed by atoms with E-state index in [2.05, 4.69) is 14.7 Å². The van der Waals surface area contributed by atoms with Crippen LogP contribution in [0.25, 0.3) is 0 Å². The molecule has 0 unspecified atom stereocenters. The lowest BCUT2D eigenvalue weighted by Gasteiger charge is -2.18. The molecular formula is C12H19N3O3. The normalized spacial score (nSPS) is 10.5. The number of rotatable bonds is 6. The number of methoxy groups -OCH3 is 1. The van der Waals surface area contributed by atoms with Gasteiger partial charge in [-0.2, -0.15) is 0 Å². The highest BCUT2D eigenvalue weighted by Gasteiger charge is 2.09. The monoisotopic (exact) mass is 253 g/mol. The maximum atomic E-state index is 11.2. The average Bonchev–Trinajstić information content (AvgIpc) is 2.37. The van der Waals surface area contributed by atoms with Crippen molar-refractivity contribution >= 4 is 11.8 Å². The summed E-state index contributed by atoms with van der Waals surface area (Å²) in [6, 6.07) is 0. The van der Waals surface area contributed by atoms with Crippen LogP contribution in [-0.4, -0.2) is 49.4 Å². The summed E-state index contributed by atoms with van der Waals surface area (Å²) < 4.78 is 10.0. The van der Waals surface area contributed by atoms with Gasteiger partial charge in [0, 0.05) is 13.6 Å². The molecule has 0 saturated carbocycles. The molecule has 1 heterocycles. The van der Waals surface area contributed by atoms with Crippen LogP contribution in [0.3, 0.4) is 0 Å². The topological polar surface area (TPSA) is 64.5 Å². The molecule has 0 amide bonds. The molecule has 0 bridgehead atoms. The van der Waals surface area contributed by atoms with Crippen LogP contribution in [0.4, 0.5) is 5.82 Å². The van der Waals surface area contributed by atoms with E-state index in [0.29, 0.717) is 19.0 Å². The molecule has 0 saturated heterocycles. The van der Waals surface area contributed by atoms with Gasteiger partial charge in [-0.05, 0) is 13.8 Å². The van der Waals surface area contributed by atoms with Gasteiger partial charge >= 0.3 is 5.97 Å². The Bertz CT molecular complexity index is 379. The summed E-state index contributed by atoms with van der Waals surface area (Å²) in [6.45, 7) is 5.31. The minimum atomic E-state index is -0.486. The first-order chi connectivity index (χ1) is 8.54. The van der Waals surface area contributed by atoms with Gasteiger partial charge in [-0.3, -0.25) is 0 Å². The number of likely N-dealkylation sites (N-methyl/N-ethyl adjacent to an activating group) is 1. The number of carbonyl (C=O) groups is 1. The smallest absolute Gasteiger partial charge is 0.358 e. The third kappa shape index (κ3) is 4.29. The van der Waals surface area contributed by atoms with Crippen LogP contribution >= 0.6 is 0 Å². The van der Waals surface area contributed by atoms with Gasteiger partial charge in [0.1, 0.15) is 5.82 Å². The van der Waals surface area contributed by atoms with Crippen molar-refractivity contribution in [1.29, 1.82) is 0 Å². The first kappa shape index (κ1) is 14.4. The lowest BCUT2D eigenvalue weighted by molar-refractivity contribution is 0.0593. The van der Waals surface area contributed by atoms with Gasteiger partial charge in [-0.1, -0.05) is 0 Å². The zero-order valence-electron chi connectivity index (χ0n) is 11.2. The van der Waals surface area contributed by atoms with Crippen molar-refractivity contribution in [2.45, 2.75) is 20.0 Å². The van der Waals surface area contributed by atoms with Crippen molar-refractivity contribution in [3.8, 4) is 0 Å². The molecule has 1 aromatic rings. The molecule has 0 radical (unpaired) electrons. The van der Waals surface area contributed by atoms with E-state index in [9.17, 15) is 4.79 Å². The molecule has 0 fully saturated rings. The predicted molar refractivity (Wildman–Crippen MR) is 67.7 cm³/mol. The summed E-state index contributed by atoms with van der Waals surface area (Å²) in [5, 5.41) is 0. The summed E-state index contributed by atoms with van der Waals surface area (Å²) >= 11 is 0. The van der Waals surface area contributed by atoms with Gasteiger partial charge in [0.2, 0.25) is 0 Å². The predicted octanol–water partition coefficient (Wildman–Crippen LogP) is 1.12. The Hall–Kier alpha value is -1.69. The first-order valence-electron chi connectivity index (χ1n) is 5.77. The summed E-state index contributed by atoms with van der Waals surface area (Å²) in [5.41, 5.74) is 0.202. The van der Waals surface area contributed by atoms with E-state index in [0.717, 1.165) is 0 Å². The van der Waals surface area contributed by atoms with Gasteiger partial charge in [-0.25, -0.2) is 14.8 Å². The number of anilines is 1. The van der Waals surface area contributed by atoms with E-state index in [-0.39, 0.29) is 11.8 Å². The van der Waals surface area contributed by atoms with E-state index in [1.165, 1.54) is 13.3 Å². The van der Waals surface area contributed by atoms with Crippen LogP contribution in [0.1, 0.15) is 24.3 Å². The van der Waals surface area contributed by atoms with Crippen molar-refractivity contribution in [2.24, 2.45) is 0 Å². The highest BCUT2D eigenvalue weighted by molar-refractivity contribution is 5.86. The Labute approximate surface area is 107 Å². The van der Waals surface area contributed by atoms with E-state index >= 15 is 0 Å². The fraction of sp³-hybridized carbons (Fsp3) is 0.583. The van der Waals surface area contributed by atoms with E-state index < -0.39 is 5.97 Å². The van der Waals surface area contributed by atoms with Crippen LogP contribution in [0, 0.1) is 0 Å². The maximum Gasteiger partial charge on any atom is 0.358 e. The van der Waals surface area contributed by atoms with Crippen molar-refractivity contribution in [3.63, 3.8) is 0 Å². The van der Waals surface area contributed by atoms with Crippen LogP contribution < -0.4 is 4.90 Å². The zero-order valence-corrected chi connectivity index (χ0v) is 11.2. The van der Waals surface area contributed by atoms with Gasteiger partial charge in [-0.15, -0.1) is 0 Å². The maximum absolute atomic E-state index is 11.2. The molecule has 0 aromatic carbocycles. The molecule has 0 atom stereocenters. The molecular weight excluding hydrogens is 234 g/mol. The summed E-state index contributed by atoms with van der Waals surface area (Å²) in [6.07, 6.45) is 3.16. The minimum absolute atomic E-state index is 0.202. The van der Waals surface area contributed by atoms with Crippen LogP contribution in [0.2, 0.25) is 0 Å². The van der Waals surface area contributed by atoms with Crippen molar-refractivity contribution < 1.29 is 14.3 Å². The number of hydrogen-bond donors (Lipinski definition) is 0. The van der Waals surface area contributed by atoms with E-state index in [1.807, 2.05) is 25.8 Å². The fourth-order valence-electron chi connectivity index (χ4n) is 1.27. The minimum Gasteiger partial charge on any atom is -0.464 e. The molecule has 6 heteroatoms. The number of hydrogen-bond acceptors (Lipinski definition) is 6. The summed E-state index contributed by atoms with van der Waals surface area (Å²) in [4.78, 5) is 21.2. The quantitative estimate of drug-likeness (QED) is 0.708. The lowest BCUT2D eigenvalue weighted by atomic mass is 10.4. The Morgan fingerprint density at radius 1 is 1.39 bits per heavy atom. The number of aromatic nitrogens is 2. The van der Waals surface area contributed by atoms with Crippen LogP contribution in [0.5, 0.6) is 0 Å². The zero-order chi connectivity index (χ0) is 13.5. The Kier molecular flexibility index (Phi) is 5.51. The van der Waals surface area contributed by atoms with Crippen LogP contribution in [0.15, 0.2) is 12.4 Å². The Balaban J connectivity index is 2.53. The van der Waals surface area contributed by atoms with Gasteiger partial charge in [0.15, 0.2) is 5.69 Å². The molecule has 0 aliphatic rings. The second-order valence-corrected chi connectivity index (χ2v) is 4.09. The van der Waals surface area contributed by atoms with Gasteiger partial charge in [0.05, 0.1) is 32.2 Å². The Morgan fingerprint density at radius 3 is 2.61 bits per heavy atom. The number of ether oxygens (including phenoxy) is 2. The van der Waals surface area contributed by atoms with Crippen molar-refractivity contribution in [3.05, 3.63) is 18.1 Å². The lowest BCUT2D eigenvalue weighted by Crippen LogP contribution is -2.25. The molecule has 1 rings (SSSR count). The third-order valence-corrected chi connectivity index (χ3v) is 2.30. The standard InChI is InChI=1S/C12H19N3O3/c1-9(2)18-6-5-15(3)11-8-13-10(7-14-11)12(16)17-4/h7-9H,5-6H2,1-4H3. The van der Waals surface area contributed by atoms with Crippen molar-refractivity contribution in [1.82, 2.24) is 9.97 Å². The molecule has 0 N–H and O–H groups in total. The second-order valence-electron chi connectivity index (χ2n) is 4.09. The third-order valence-electron chi connectivity index (χ3n) is 2.30. The number of carbonyl (C=O) groups excluding carboxylic acids is 1. The SMILES string of the molecule is COC(=O)c1cnc(N(C)CCOC(C)C)cn1. The highest BCUT2D eigenvalue weighted by atomic mass is 16.5. The number of esters is 1. The van der Waals surface area contributed by atoms with Crippen LogP contribution in [-0.2, 0) is 9.47 Å². The molecule has 100 valence electrons. The summed E-state index contributed by atoms with van der Waals surface area (Å²) in [5.74, 6) is 0.204. The first-order valence-corrected chi connectivity index (χ1v) is 5.77. The molecule has 6 nitrogen and oxygen atoms in total. The molecule has 18 heavy (non-hydrogen) atoms. The molecule has 0 spiro atoms. The van der Waals surface area contributed by atoms with E-state index in [4.69, 9.17) is 4.74 Å². The largest absolute Gasteiger partial charge is 0.464 e. The molecule has 0 aliphatic heterocycles. The molecule has 1 aromatic heterocycles. The number of nitrogens with zero attached hydrogens (tertiary/aromatic N) is 3. The van der Waals surface area contributed by atoms with Gasteiger partial charge < -0.3 is 14.4 Å². The average molecular weight is 253 g/mol. The Morgan fingerprint density at radius 2 is 2.11 bits per heavy atom. The second kappa shape index (κ2) is 6.90. The van der Waals surface area contributed by atoms with Crippen molar-refractivity contribution in [2.75, 3.05) is 32.2 Å². The van der Waals surface area contributed by atoms with E-state index in [1.54, 1.807) is 6.20 Å². The summed E-state index contributed by atoms with van der Waals surface area (Å²) in [7, 11) is 3.21. The highest BCUT2D eigenvalue weighted by Crippen LogP contribution is 2.07.